The summed E-state index contributed by atoms with van der Waals surface area (Å²) in [5, 5.41) is 0. The molecule has 1 aliphatic carbocycles. The van der Waals surface area contributed by atoms with Crippen LogP contribution in [-0.4, -0.2) is 35.6 Å². The van der Waals surface area contributed by atoms with Gasteiger partial charge in [0, 0.05) is 6.08 Å². The highest BCUT2D eigenvalue weighted by atomic mass is 16.1. The summed E-state index contributed by atoms with van der Waals surface area (Å²) in [5.74, 6) is 6.43. The molecule has 6 heteroatoms. The van der Waals surface area contributed by atoms with E-state index in [0.717, 1.165) is 6.08 Å². The third kappa shape index (κ3) is 2.09. The largest absolute Gasteiger partial charge is 0.234 e. The van der Waals surface area contributed by atoms with Crippen LogP contribution in [0.2, 0.25) is 0 Å². The summed E-state index contributed by atoms with van der Waals surface area (Å²) in [6, 6.07) is 0. The first kappa shape index (κ1) is 13.8. The second-order valence-corrected chi connectivity index (χ2v) is 3.22. The Morgan fingerprint density at radius 2 is 1.05 bits per heavy atom. The number of hydrogen-bond donors (Lipinski definition) is 0. The van der Waals surface area contributed by atoms with Gasteiger partial charge in [0.2, 0.25) is 0 Å². The Labute approximate surface area is 105 Å². The lowest BCUT2D eigenvalue weighted by Crippen LogP contribution is -2.21. The van der Waals surface area contributed by atoms with Crippen LogP contribution in [0.5, 0.6) is 0 Å². The van der Waals surface area contributed by atoms with Crippen molar-refractivity contribution >= 4 is 35.6 Å². The van der Waals surface area contributed by atoms with E-state index in [1.54, 1.807) is 0 Å². The van der Waals surface area contributed by atoms with E-state index in [0.29, 0.717) is 0 Å². The van der Waals surface area contributed by atoms with Crippen LogP contribution in [0, 0.1) is 5.92 Å². The van der Waals surface area contributed by atoms with Gasteiger partial charge in [-0.25, -0.2) is 28.8 Å². The van der Waals surface area contributed by atoms with Gasteiger partial charge in [0.1, 0.15) is 35.6 Å². The van der Waals surface area contributed by atoms with E-state index in [4.69, 9.17) is 0 Å². The van der Waals surface area contributed by atoms with E-state index in [2.05, 4.69) is 0 Å². The number of rotatable bonds is 1. The zero-order valence-electron chi connectivity index (χ0n) is 9.10. The summed E-state index contributed by atoms with van der Waals surface area (Å²) >= 11 is 0. The number of carbonyl (C=O) groups excluding carboxylic acids is 6. The van der Waals surface area contributed by atoms with Crippen molar-refractivity contribution in [1.82, 2.24) is 0 Å². The molecule has 6 nitrogen and oxygen atoms in total. The van der Waals surface area contributed by atoms with Gasteiger partial charge >= 0.3 is 0 Å². The number of hydrogen-bond acceptors (Lipinski definition) is 6. The van der Waals surface area contributed by atoms with Gasteiger partial charge in [0.05, 0.1) is 33.8 Å². The van der Waals surface area contributed by atoms with Crippen LogP contribution in [0.1, 0.15) is 0 Å². The minimum absolute atomic E-state index is 0.492. The van der Waals surface area contributed by atoms with Crippen molar-refractivity contribution in [1.29, 1.82) is 0 Å². The second-order valence-electron chi connectivity index (χ2n) is 3.22. The van der Waals surface area contributed by atoms with Crippen LogP contribution in [0.4, 0.5) is 0 Å². The summed E-state index contributed by atoms with van der Waals surface area (Å²) in [6.45, 7) is 0. The highest BCUT2D eigenvalue weighted by molar-refractivity contribution is 5.98. The van der Waals surface area contributed by atoms with Gasteiger partial charge in [-0.2, -0.15) is 0 Å². The Morgan fingerprint density at radius 3 is 1.32 bits per heavy atom. The van der Waals surface area contributed by atoms with E-state index in [9.17, 15) is 28.8 Å². The zero-order valence-corrected chi connectivity index (χ0v) is 9.10. The molecule has 0 aliphatic heterocycles. The molecule has 0 aromatic carbocycles. The van der Waals surface area contributed by atoms with Crippen molar-refractivity contribution < 1.29 is 28.8 Å². The first-order valence-corrected chi connectivity index (χ1v) is 4.67. The zero-order chi connectivity index (χ0) is 14.4. The van der Waals surface area contributed by atoms with Crippen molar-refractivity contribution in [2.45, 2.75) is 0 Å². The molecule has 0 spiro atoms. The topological polar surface area (TPSA) is 102 Å². The molecule has 0 atom stereocenters. The molecule has 0 saturated heterocycles. The molecule has 1 saturated carbocycles. The minimum atomic E-state index is -1.35. The Balaban J connectivity index is 3.92. The molecule has 1 fully saturated rings. The van der Waals surface area contributed by atoms with Crippen molar-refractivity contribution in [2.75, 3.05) is 0 Å². The predicted molar refractivity (Wildman–Crippen MR) is 59.8 cm³/mol. The van der Waals surface area contributed by atoms with Gasteiger partial charge in [0.25, 0.3) is 0 Å². The first-order chi connectivity index (χ1) is 9.19. The molecule has 0 bridgehead atoms. The molecule has 19 heavy (non-hydrogen) atoms. The van der Waals surface area contributed by atoms with E-state index in [-0.39, 0.29) is 0 Å². The molecular formula is C13H2O6. The van der Waals surface area contributed by atoms with E-state index < -0.39 is 33.8 Å². The van der Waals surface area contributed by atoms with Crippen LogP contribution in [0.25, 0.3) is 0 Å². The Bertz CT molecular complexity index is 695. The first-order valence-electron chi connectivity index (χ1n) is 4.67. The lowest BCUT2D eigenvalue weighted by atomic mass is 9.74. The van der Waals surface area contributed by atoms with Gasteiger partial charge in [-0.3, -0.25) is 0 Å². The average Bonchev–Trinajstić information content (AvgIpc) is 2.45. The summed E-state index contributed by atoms with van der Waals surface area (Å²) in [5.41, 5.74) is -2.82. The van der Waals surface area contributed by atoms with Crippen molar-refractivity contribution in [3.8, 4) is 0 Å². The highest BCUT2D eigenvalue weighted by Gasteiger charge is 2.37. The van der Waals surface area contributed by atoms with Gasteiger partial charge in [-0.05, 0) is 0 Å². The van der Waals surface area contributed by atoms with E-state index in [1.165, 1.54) is 35.6 Å². The van der Waals surface area contributed by atoms with Crippen molar-refractivity contribution in [2.24, 2.45) is 5.92 Å². The van der Waals surface area contributed by atoms with Gasteiger partial charge in [-0.15, -0.1) is 0 Å². The lowest BCUT2D eigenvalue weighted by molar-refractivity contribution is 0.555. The SMILES string of the molecule is O=C=CC1C(=C=O)C(=C=O)C(=C=O)C(=C=O)C1=C=O. The fraction of sp³-hybridized carbons (Fsp3) is 0.0769. The fourth-order valence-corrected chi connectivity index (χ4v) is 1.63. The normalized spacial score (nSPS) is 17.5. The molecule has 0 aromatic rings. The minimum Gasteiger partial charge on any atom is -0.234 e. The predicted octanol–water partition coefficient (Wildman–Crippen LogP) is -1.21. The third-order valence-corrected chi connectivity index (χ3v) is 2.42. The molecule has 0 unspecified atom stereocenters. The highest BCUT2D eigenvalue weighted by Crippen LogP contribution is 2.39. The molecule has 1 rings (SSSR count). The fourth-order valence-electron chi connectivity index (χ4n) is 1.63. The maximum Gasteiger partial charge on any atom is 0.135 e. The molecule has 90 valence electrons. The molecule has 1 aliphatic rings. The summed E-state index contributed by atoms with van der Waals surface area (Å²) in [7, 11) is 0. The Morgan fingerprint density at radius 1 is 0.632 bits per heavy atom. The summed E-state index contributed by atoms with van der Waals surface area (Å²) in [4.78, 5) is 64.3. The molecule has 0 radical (unpaired) electrons. The standard InChI is InChI=1S/C13H2O6/c14-2-1-8-9(3-15)11(5-17)13(7-19)12(6-18)10(8)4-16/h1,8H. The monoisotopic (exact) mass is 254 g/mol. The van der Waals surface area contributed by atoms with Crippen LogP contribution in [0.3, 0.4) is 0 Å². The van der Waals surface area contributed by atoms with Crippen molar-refractivity contribution in [3.05, 3.63) is 33.9 Å². The van der Waals surface area contributed by atoms with Crippen LogP contribution in [0.15, 0.2) is 33.9 Å². The smallest absolute Gasteiger partial charge is 0.135 e. The van der Waals surface area contributed by atoms with Crippen LogP contribution in [-0.2, 0) is 28.8 Å². The molecule has 0 N–H and O–H groups in total. The number of allylic oxidation sites excluding steroid dienone is 6. The summed E-state index contributed by atoms with van der Waals surface area (Å²) < 4.78 is 0. The van der Waals surface area contributed by atoms with Crippen molar-refractivity contribution in [3.63, 3.8) is 0 Å². The van der Waals surface area contributed by atoms with Gasteiger partial charge in [-0.1, -0.05) is 0 Å². The van der Waals surface area contributed by atoms with E-state index >= 15 is 0 Å². The molecule has 0 aromatic heterocycles. The Kier molecular flexibility index (Phi) is 4.24. The molecular weight excluding hydrogens is 252 g/mol. The molecule has 0 heterocycles. The van der Waals surface area contributed by atoms with Crippen LogP contribution >= 0.6 is 0 Å². The molecule has 0 amide bonds. The van der Waals surface area contributed by atoms with E-state index in [1.807, 2.05) is 0 Å². The Hall–Kier alpha value is -3.30. The lowest BCUT2D eigenvalue weighted by Gasteiger charge is -2.21. The maximum absolute atomic E-state index is 10.8. The maximum atomic E-state index is 10.8. The quantitative estimate of drug-likeness (QED) is 0.544. The second kappa shape index (κ2) is 5.86. The van der Waals surface area contributed by atoms with Gasteiger partial charge < -0.3 is 0 Å². The van der Waals surface area contributed by atoms with Gasteiger partial charge in [0.15, 0.2) is 0 Å². The van der Waals surface area contributed by atoms with Crippen LogP contribution < -0.4 is 0 Å². The third-order valence-electron chi connectivity index (χ3n) is 2.42. The summed E-state index contributed by atoms with van der Waals surface area (Å²) in [6.07, 6.45) is 0.719. The average molecular weight is 254 g/mol.